The minimum atomic E-state index is -0.266. The molecule has 0 saturated carbocycles. The van der Waals surface area contributed by atoms with Crippen molar-refractivity contribution in [3.63, 3.8) is 0 Å². The fourth-order valence-electron chi connectivity index (χ4n) is 1.40. The molecule has 0 bridgehead atoms. The molecule has 0 aromatic carbocycles. The van der Waals surface area contributed by atoms with Gasteiger partial charge in [0.15, 0.2) is 0 Å². The van der Waals surface area contributed by atoms with E-state index in [2.05, 4.69) is 6.92 Å². The van der Waals surface area contributed by atoms with Gasteiger partial charge in [0.25, 0.3) is 0 Å². The number of rotatable bonds is 6. The molecular formula is C9H21NO2. The first kappa shape index (κ1) is 11.9. The van der Waals surface area contributed by atoms with E-state index < -0.39 is 0 Å². The van der Waals surface area contributed by atoms with Gasteiger partial charge in [0, 0.05) is 13.7 Å². The van der Waals surface area contributed by atoms with Crippen LogP contribution in [-0.4, -0.2) is 31.5 Å². The zero-order chi connectivity index (χ0) is 9.56. The maximum atomic E-state index is 9.17. The van der Waals surface area contributed by atoms with Crippen molar-refractivity contribution in [1.29, 1.82) is 0 Å². The molecule has 3 nitrogen and oxygen atoms in total. The maximum absolute atomic E-state index is 9.17. The fraction of sp³-hybridized carbons (Fsp3) is 1.00. The van der Waals surface area contributed by atoms with Crippen molar-refractivity contribution < 1.29 is 9.84 Å². The van der Waals surface area contributed by atoms with E-state index in [0.29, 0.717) is 25.0 Å². The van der Waals surface area contributed by atoms with Crippen molar-refractivity contribution in [2.24, 2.45) is 17.6 Å². The molecule has 0 aliphatic rings. The summed E-state index contributed by atoms with van der Waals surface area (Å²) in [6.45, 7) is 5.23. The largest absolute Gasteiger partial charge is 0.393 e. The van der Waals surface area contributed by atoms with Crippen molar-refractivity contribution in [2.75, 3.05) is 20.3 Å². The molecule has 0 aromatic heterocycles. The summed E-state index contributed by atoms with van der Waals surface area (Å²) in [7, 11) is 1.69. The molecule has 0 rings (SSSR count). The molecule has 0 amide bonds. The van der Waals surface area contributed by atoms with E-state index >= 15 is 0 Å². The summed E-state index contributed by atoms with van der Waals surface area (Å²) < 4.78 is 5.03. The number of aliphatic hydroxyl groups is 1. The molecule has 3 atom stereocenters. The van der Waals surface area contributed by atoms with E-state index in [1.807, 2.05) is 0 Å². The lowest BCUT2D eigenvalue weighted by Crippen LogP contribution is -2.27. The maximum Gasteiger partial charge on any atom is 0.0515 e. The summed E-state index contributed by atoms with van der Waals surface area (Å²) in [6.07, 6.45) is 0.499. The molecule has 74 valence electrons. The minimum Gasteiger partial charge on any atom is -0.393 e. The first-order valence-corrected chi connectivity index (χ1v) is 4.48. The summed E-state index contributed by atoms with van der Waals surface area (Å²) in [5.41, 5.74) is 5.59. The van der Waals surface area contributed by atoms with Crippen LogP contribution in [0.3, 0.4) is 0 Å². The lowest BCUT2D eigenvalue weighted by Gasteiger charge is -2.22. The highest BCUT2D eigenvalue weighted by molar-refractivity contribution is 4.69. The second-order valence-electron chi connectivity index (χ2n) is 3.51. The average molecular weight is 175 g/mol. The van der Waals surface area contributed by atoms with E-state index in [9.17, 15) is 5.11 Å². The van der Waals surface area contributed by atoms with Gasteiger partial charge >= 0.3 is 0 Å². The molecule has 12 heavy (non-hydrogen) atoms. The summed E-state index contributed by atoms with van der Waals surface area (Å²) >= 11 is 0. The third kappa shape index (κ3) is 4.70. The average Bonchev–Trinajstić information content (AvgIpc) is 2.00. The molecule has 3 heteroatoms. The number of hydrogen-bond acceptors (Lipinski definition) is 3. The van der Waals surface area contributed by atoms with E-state index in [4.69, 9.17) is 10.5 Å². The third-order valence-electron chi connectivity index (χ3n) is 2.18. The first-order chi connectivity index (χ1) is 5.61. The second kappa shape index (κ2) is 6.40. The Balaban J connectivity index is 3.78. The van der Waals surface area contributed by atoms with Gasteiger partial charge in [0.2, 0.25) is 0 Å². The Morgan fingerprint density at radius 1 is 1.42 bits per heavy atom. The molecular weight excluding hydrogens is 154 g/mol. The van der Waals surface area contributed by atoms with Crippen LogP contribution in [-0.2, 0) is 4.74 Å². The predicted octanol–water partition coefficient (Wildman–Crippen LogP) is 0.615. The first-order valence-electron chi connectivity index (χ1n) is 4.48. The number of hydrogen-bond donors (Lipinski definition) is 2. The van der Waals surface area contributed by atoms with Crippen LogP contribution < -0.4 is 5.73 Å². The van der Waals surface area contributed by atoms with Gasteiger partial charge in [-0.1, -0.05) is 6.92 Å². The Morgan fingerprint density at radius 2 is 2.00 bits per heavy atom. The minimum absolute atomic E-state index is 0.266. The standard InChI is InChI=1S/C9H21NO2/c1-7(6-12-3)9(5-10)4-8(2)11/h7-9,11H,4-6,10H2,1-3H3. The van der Waals surface area contributed by atoms with Crippen LogP contribution in [0.1, 0.15) is 20.3 Å². The molecule has 0 heterocycles. The van der Waals surface area contributed by atoms with Gasteiger partial charge in [-0.05, 0) is 31.7 Å². The SMILES string of the molecule is COCC(C)C(CN)CC(C)O. The van der Waals surface area contributed by atoms with Crippen LogP contribution in [0.5, 0.6) is 0 Å². The Hall–Kier alpha value is -0.120. The lowest BCUT2D eigenvalue weighted by molar-refractivity contribution is 0.0977. The zero-order valence-corrected chi connectivity index (χ0v) is 8.29. The number of methoxy groups -OCH3 is 1. The molecule has 3 unspecified atom stereocenters. The monoisotopic (exact) mass is 175 g/mol. The van der Waals surface area contributed by atoms with E-state index in [1.54, 1.807) is 14.0 Å². The highest BCUT2D eigenvalue weighted by Crippen LogP contribution is 2.16. The number of nitrogens with two attached hydrogens (primary N) is 1. The molecule has 0 radical (unpaired) electrons. The molecule has 0 saturated heterocycles. The van der Waals surface area contributed by atoms with Gasteiger partial charge in [-0.3, -0.25) is 0 Å². The summed E-state index contributed by atoms with van der Waals surface area (Å²) in [5, 5.41) is 9.17. The van der Waals surface area contributed by atoms with Gasteiger partial charge in [0.05, 0.1) is 6.10 Å². The molecule has 0 fully saturated rings. The van der Waals surface area contributed by atoms with Crippen molar-refractivity contribution in [3.05, 3.63) is 0 Å². The summed E-state index contributed by atoms with van der Waals surface area (Å²) in [6, 6.07) is 0. The van der Waals surface area contributed by atoms with Crippen molar-refractivity contribution in [3.8, 4) is 0 Å². The van der Waals surface area contributed by atoms with E-state index in [-0.39, 0.29) is 6.10 Å². The Kier molecular flexibility index (Phi) is 6.34. The van der Waals surface area contributed by atoms with Crippen molar-refractivity contribution >= 4 is 0 Å². The van der Waals surface area contributed by atoms with Crippen LogP contribution in [0.4, 0.5) is 0 Å². The van der Waals surface area contributed by atoms with E-state index in [0.717, 1.165) is 6.42 Å². The predicted molar refractivity (Wildman–Crippen MR) is 49.9 cm³/mol. The topological polar surface area (TPSA) is 55.5 Å². The van der Waals surface area contributed by atoms with Gasteiger partial charge in [-0.2, -0.15) is 0 Å². The highest BCUT2D eigenvalue weighted by Gasteiger charge is 2.17. The van der Waals surface area contributed by atoms with Gasteiger partial charge in [-0.25, -0.2) is 0 Å². The Morgan fingerprint density at radius 3 is 2.33 bits per heavy atom. The normalized spacial score (nSPS) is 18.8. The van der Waals surface area contributed by atoms with Crippen molar-refractivity contribution in [2.45, 2.75) is 26.4 Å². The van der Waals surface area contributed by atoms with Crippen LogP contribution in [0.2, 0.25) is 0 Å². The fourth-order valence-corrected chi connectivity index (χ4v) is 1.40. The van der Waals surface area contributed by atoms with Gasteiger partial charge < -0.3 is 15.6 Å². The molecule has 0 aliphatic heterocycles. The number of ether oxygens (including phenoxy) is 1. The van der Waals surface area contributed by atoms with Crippen LogP contribution in [0.25, 0.3) is 0 Å². The lowest BCUT2D eigenvalue weighted by atomic mass is 9.90. The Labute approximate surface area is 74.9 Å². The molecule has 0 aliphatic carbocycles. The smallest absolute Gasteiger partial charge is 0.0515 e. The third-order valence-corrected chi connectivity index (χ3v) is 2.18. The highest BCUT2D eigenvalue weighted by atomic mass is 16.5. The van der Waals surface area contributed by atoms with Crippen LogP contribution >= 0.6 is 0 Å². The summed E-state index contributed by atoms with van der Waals surface area (Å²) in [5.74, 6) is 0.791. The molecule has 0 aromatic rings. The molecule has 3 N–H and O–H groups in total. The van der Waals surface area contributed by atoms with Crippen molar-refractivity contribution in [1.82, 2.24) is 0 Å². The zero-order valence-electron chi connectivity index (χ0n) is 8.29. The van der Waals surface area contributed by atoms with Crippen LogP contribution in [0, 0.1) is 11.8 Å². The van der Waals surface area contributed by atoms with E-state index in [1.165, 1.54) is 0 Å². The van der Waals surface area contributed by atoms with Crippen LogP contribution in [0.15, 0.2) is 0 Å². The Bertz CT molecular complexity index is 107. The van der Waals surface area contributed by atoms with Gasteiger partial charge in [0.1, 0.15) is 0 Å². The quantitative estimate of drug-likeness (QED) is 0.622. The number of aliphatic hydroxyl groups excluding tert-OH is 1. The second-order valence-corrected chi connectivity index (χ2v) is 3.51. The van der Waals surface area contributed by atoms with Gasteiger partial charge in [-0.15, -0.1) is 0 Å². The molecule has 0 spiro atoms. The summed E-state index contributed by atoms with van der Waals surface area (Å²) in [4.78, 5) is 0.